The predicted octanol–water partition coefficient (Wildman–Crippen LogP) is 0.963. The Bertz CT molecular complexity index is 158. The molecule has 0 amide bonds. The lowest BCUT2D eigenvalue weighted by Crippen LogP contribution is -2.29. The van der Waals surface area contributed by atoms with Crippen molar-refractivity contribution in [1.82, 2.24) is 5.32 Å². The van der Waals surface area contributed by atoms with Gasteiger partial charge in [0.1, 0.15) is 6.29 Å². The number of fused-ring (bicyclic) bond motifs is 1. The van der Waals surface area contributed by atoms with Crippen molar-refractivity contribution in [2.45, 2.75) is 31.7 Å². The van der Waals surface area contributed by atoms with Gasteiger partial charge in [-0.1, -0.05) is 12.8 Å². The largest absolute Gasteiger partial charge is 0.307 e. The molecule has 3 atom stereocenters. The summed E-state index contributed by atoms with van der Waals surface area (Å²) in [6.45, 7) is 1.08. The van der Waals surface area contributed by atoms with Crippen LogP contribution in [0.4, 0.5) is 0 Å². The fourth-order valence-electron chi connectivity index (χ4n) is 2.55. The van der Waals surface area contributed by atoms with Gasteiger partial charge in [0.2, 0.25) is 0 Å². The van der Waals surface area contributed by atoms with Crippen LogP contribution in [-0.2, 0) is 4.79 Å². The van der Waals surface area contributed by atoms with Gasteiger partial charge in [0.25, 0.3) is 0 Å². The second-order valence-electron chi connectivity index (χ2n) is 3.78. The van der Waals surface area contributed by atoms with Crippen molar-refractivity contribution in [3.05, 3.63) is 0 Å². The summed E-state index contributed by atoms with van der Waals surface area (Å²) in [6.07, 6.45) is 6.39. The molecule has 0 spiro atoms. The highest BCUT2D eigenvalue weighted by molar-refractivity contribution is 5.59. The molecule has 11 heavy (non-hydrogen) atoms. The number of carbonyl (C=O) groups is 1. The number of hydrogen-bond acceptors (Lipinski definition) is 2. The Morgan fingerprint density at radius 1 is 1.27 bits per heavy atom. The molecular weight excluding hydrogens is 138 g/mol. The molecule has 0 aromatic carbocycles. The van der Waals surface area contributed by atoms with E-state index < -0.39 is 0 Å². The summed E-state index contributed by atoms with van der Waals surface area (Å²) >= 11 is 0. The Morgan fingerprint density at radius 2 is 2.09 bits per heavy atom. The van der Waals surface area contributed by atoms with E-state index in [2.05, 4.69) is 5.32 Å². The molecule has 2 fully saturated rings. The van der Waals surface area contributed by atoms with Crippen molar-refractivity contribution in [2.24, 2.45) is 11.8 Å². The van der Waals surface area contributed by atoms with E-state index in [1.165, 1.54) is 25.7 Å². The first-order chi connectivity index (χ1) is 5.42. The van der Waals surface area contributed by atoms with Crippen LogP contribution in [0.5, 0.6) is 0 Å². The summed E-state index contributed by atoms with van der Waals surface area (Å²) < 4.78 is 0. The molecule has 1 heterocycles. The van der Waals surface area contributed by atoms with E-state index in [1.807, 2.05) is 0 Å². The summed E-state index contributed by atoms with van der Waals surface area (Å²) in [5.41, 5.74) is 0. The molecule has 0 radical (unpaired) electrons. The van der Waals surface area contributed by atoms with E-state index in [0.717, 1.165) is 18.7 Å². The molecule has 1 aliphatic heterocycles. The maximum atomic E-state index is 10.6. The van der Waals surface area contributed by atoms with Gasteiger partial charge < -0.3 is 10.1 Å². The highest BCUT2D eigenvalue weighted by Crippen LogP contribution is 2.34. The zero-order valence-electron chi connectivity index (χ0n) is 6.75. The lowest BCUT2D eigenvalue weighted by Gasteiger charge is -2.25. The van der Waals surface area contributed by atoms with E-state index in [9.17, 15) is 4.79 Å². The van der Waals surface area contributed by atoms with Crippen molar-refractivity contribution < 1.29 is 4.79 Å². The molecule has 1 saturated carbocycles. The monoisotopic (exact) mass is 153 g/mol. The fraction of sp³-hybridized carbons (Fsp3) is 0.889. The van der Waals surface area contributed by atoms with Gasteiger partial charge in [0, 0.05) is 0 Å². The molecule has 0 aromatic heterocycles. The average Bonchev–Trinajstić information content (AvgIpc) is 2.47. The molecule has 62 valence electrons. The van der Waals surface area contributed by atoms with E-state index in [0.29, 0.717) is 5.92 Å². The van der Waals surface area contributed by atoms with Crippen molar-refractivity contribution in [1.29, 1.82) is 0 Å². The van der Waals surface area contributed by atoms with E-state index in [1.54, 1.807) is 0 Å². The number of carbonyl (C=O) groups excluding carboxylic acids is 1. The summed E-state index contributed by atoms with van der Waals surface area (Å²) in [5.74, 6) is 1.47. The molecule has 1 aliphatic carbocycles. The molecular formula is C9H15NO. The third-order valence-electron chi connectivity index (χ3n) is 3.19. The van der Waals surface area contributed by atoms with E-state index >= 15 is 0 Å². The van der Waals surface area contributed by atoms with Gasteiger partial charge in [-0.2, -0.15) is 0 Å². The maximum Gasteiger partial charge on any atom is 0.137 e. The zero-order valence-corrected chi connectivity index (χ0v) is 6.75. The number of hydrogen-bond donors (Lipinski definition) is 1. The smallest absolute Gasteiger partial charge is 0.137 e. The van der Waals surface area contributed by atoms with Crippen LogP contribution < -0.4 is 5.32 Å². The Balaban J connectivity index is 2.03. The van der Waals surface area contributed by atoms with Gasteiger partial charge in [-0.3, -0.25) is 0 Å². The van der Waals surface area contributed by atoms with Crippen LogP contribution in [0.2, 0.25) is 0 Å². The summed E-state index contributed by atoms with van der Waals surface area (Å²) in [7, 11) is 0. The van der Waals surface area contributed by atoms with Crippen molar-refractivity contribution in [3.63, 3.8) is 0 Å². The van der Waals surface area contributed by atoms with E-state index in [-0.39, 0.29) is 6.04 Å². The first-order valence-corrected chi connectivity index (χ1v) is 4.60. The van der Waals surface area contributed by atoms with Crippen molar-refractivity contribution in [2.75, 3.05) is 6.54 Å². The van der Waals surface area contributed by atoms with Crippen molar-refractivity contribution in [3.8, 4) is 0 Å². The third-order valence-corrected chi connectivity index (χ3v) is 3.19. The highest BCUT2D eigenvalue weighted by Gasteiger charge is 2.36. The normalized spacial score (nSPS) is 43.5. The summed E-state index contributed by atoms with van der Waals surface area (Å²) in [5, 5.41) is 3.28. The topological polar surface area (TPSA) is 29.1 Å². The Hall–Kier alpha value is -0.370. The third kappa shape index (κ3) is 1.20. The van der Waals surface area contributed by atoms with Gasteiger partial charge in [-0.05, 0) is 31.2 Å². The predicted molar refractivity (Wildman–Crippen MR) is 43.3 cm³/mol. The van der Waals surface area contributed by atoms with Crippen LogP contribution in [0.3, 0.4) is 0 Å². The fourth-order valence-corrected chi connectivity index (χ4v) is 2.55. The molecule has 3 unspecified atom stereocenters. The van der Waals surface area contributed by atoms with Gasteiger partial charge >= 0.3 is 0 Å². The number of nitrogens with one attached hydrogen (secondary N) is 1. The molecule has 2 heteroatoms. The van der Waals surface area contributed by atoms with Crippen LogP contribution in [0.25, 0.3) is 0 Å². The Morgan fingerprint density at radius 3 is 2.91 bits per heavy atom. The zero-order chi connectivity index (χ0) is 7.68. The quantitative estimate of drug-likeness (QED) is 0.568. The second kappa shape index (κ2) is 2.94. The number of aldehydes is 1. The van der Waals surface area contributed by atoms with Crippen LogP contribution in [0.1, 0.15) is 25.7 Å². The maximum absolute atomic E-state index is 10.6. The van der Waals surface area contributed by atoms with E-state index in [4.69, 9.17) is 0 Å². The lowest BCUT2D eigenvalue weighted by atomic mass is 9.79. The standard InChI is InChI=1S/C9H15NO/c11-6-9-8-4-2-1-3-7(8)5-10-9/h6-10H,1-5H2. The SMILES string of the molecule is O=CC1NCC2CCCCC21. The first kappa shape index (κ1) is 7.29. The number of rotatable bonds is 1. The van der Waals surface area contributed by atoms with Crippen LogP contribution in [-0.4, -0.2) is 18.9 Å². The molecule has 0 aromatic rings. The minimum absolute atomic E-state index is 0.181. The van der Waals surface area contributed by atoms with Crippen molar-refractivity contribution >= 4 is 6.29 Å². The van der Waals surface area contributed by atoms with Gasteiger partial charge in [-0.25, -0.2) is 0 Å². The molecule has 1 N–H and O–H groups in total. The van der Waals surface area contributed by atoms with Crippen LogP contribution in [0.15, 0.2) is 0 Å². The van der Waals surface area contributed by atoms with Crippen LogP contribution in [0, 0.1) is 11.8 Å². The van der Waals surface area contributed by atoms with Gasteiger partial charge in [0.15, 0.2) is 0 Å². The molecule has 2 aliphatic rings. The van der Waals surface area contributed by atoms with Crippen LogP contribution >= 0.6 is 0 Å². The Labute approximate surface area is 67.4 Å². The minimum atomic E-state index is 0.181. The second-order valence-corrected chi connectivity index (χ2v) is 3.78. The minimum Gasteiger partial charge on any atom is -0.307 e. The summed E-state index contributed by atoms with van der Waals surface area (Å²) in [4.78, 5) is 10.6. The van der Waals surface area contributed by atoms with Gasteiger partial charge in [-0.15, -0.1) is 0 Å². The molecule has 2 rings (SSSR count). The molecule has 1 saturated heterocycles. The first-order valence-electron chi connectivity index (χ1n) is 4.60. The lowest BCUT2D eigenvalue weighted by molar-refractivity contribution is -0.110. The Kier molecular flexibility index (Phi) is 1.95. The average molecular weight is 153 g/mol. The highest BCUT2D eigenvalue weighted by atomic mass is 16.1. The van der Waals surface area contributed by atoms with Gasteiger partial charge in [0.05, 0.1) is 6.04 Å². The molecule has 2 nitrogen and oxygen atoms in total. The summed E-state index contributed by atoms with van der Waals surface area (Å²) in [6, 6.07) is 0.181. The molecule has 0 bridgehead atoms.